The predicted molar refractivity (Wildman–Crippen MR) is 78.4 cm³/mol. The highest BCUT2D eigenvalue weighted by Gasteiger charge is 2.12. The van der Waals surface area contributed by atoms with Gasteiger partial charge >= 0.3 is 0 Å². The van der Waals surface area contributed by atoms with E-state index in [9.17, 15) is 4.39 Å². The summed E-state index contributed by atoms with van der Waals surface area (Å²) in [7, 11) is 0. The number of hydrazine groups is 1. The second-order valence-corrected chi connectivity index (χ2v) is 4.83. The van der Waals surface area contributed by atoms with Crippen LogP contribution in [0.1, 0.15) is 31.2 Å². The zero-order chi connectivity index (χ0) is 14.7. The Morgan fingerprint density at radius 3 is 2.25 bits per heavy atom. The van der Waals surface area contributed by atoms with Gasteiger partial charge in [0.2, 0.25) is 0 Å². The summed E-state index contributed by atoms with van der Waals surface area (Å²) in [6.07, 6.45) is 0. The number of anilines is 3. The lowest BCUT2D eigenvalue weighted by Crippen LogP contribution is -2.14. The van der Waals surface area contributed by atoms with E-state index < -0.39 is 0 Å². The molecule has 0 amide bonds. The molecule has 0 atom stereocenters. The number of benzene rings is 1. The Hall–Kier alpha value is -2.21. The van der Waals surface area contributed by atoms with Crippen LogP contribution in [0.3, 0.4) is 0 Å². The maximum atomic E-state index is 12.9. The number of hydrogen-bond donors (Lipinski definition) is 3. The van der Waals surface area contributed by atoms with Gasteiger partial charge in [-0.05, 0) is 31.2 Å². The SMILES string of the molecule is Cc1c(NN)nc(C(C)C)nc1Nc1ccc(F)cc1. The molecule has 1 aromatic heterocycles. The van der Waals surface area contributed by atoms with Gasteiger partial charge in [0, 0.05) is 17.2 Å². The van der Waals surface area contributed by atoms with E-state index in [1.54, 1.807) is 12.1 Å². The molecule has 1 heterocycles. The van der Waals surface area contributed by atoms with Gasteiger partial charge in [-0.3, -0.25) is 0 Å². The Kier molecular flexibility index (Phi) is 4.14. The topological polar surface area (TPSA) is 75.9 Å². The molecule has 0 aliphatic carbocycles. The molecule has 0 radical (unpaired) electrons. The molecule has 0 spiro atoms. The molecule has 6 heteroatoms. The number of nitrogens with one attached hydrogen (secondary N) is 2. The number of hydrogen-bond acceptors (Lipinski definition) is 5. The summed E-state index contributed by atoms with van der Waals surface area (Å²) >= 11 is 0. The molecule has 1 aromatic carbocycles. The minimum atomic E-state index is -0.276. The van der Waals surface area contributed by atoms with Gasteiger partial charge in [0.15, 0.2) is 0 Å². The average molecular weight is 275 g/mol. The number of nitrogens with zero attached hydrogens (tertiary/aromatic N) is 2. The summed E-state index contributed by atoms with van der Waals surface area (Å²) in [4.78, 5) is 8.85. The third-order valence-electron chi connectivity index (χ3n) is 2.92. The van der Waals surface area contributed by atoms with Crippen molar-refractivity contribution in [1.82, 2.24) is 9.97 Å². The first-order valence-electron chi connectivity index (χ1n) is 6.39. The highest BCUT2D eigenvalue weighted by molar-refractivity contribution is 5.64. The minimum Gasteiger partial charge on any atom is -0.340 e. The molecule has 0 aliphatic heterocycles. The third kappa shape index (κ3) is 3.03. The van der Waals surface area contributed by atoms with Crippen LogP contribution in [-0.2, 0) is 0 Å². The lowest BCUT2D eigenvalue weighted by Gasteiger charge is -2.15. The molecule has 0 aliphatic rings. The molecule has 0 bridgehead atoms. The zero-order valence-electron chi connectivity index (χ0n) is 11.7. The van der Waals surface area contributed by atoms with Crippen molar-refractivity contribution in [2.24, 2.45) is 5.84 Å². The van der Waals surface area contributed by atoms with E-state index >= 15 is 0 Å². The van der Waals surface area contributed by atoms with Gasteiger partial charge in [-0.2, -0.15) is 0 Å². The summed E-state index contributed by atoms with van der Waals surface area (Å²) in [6.45, 7) is 5.88. The lowest BCUT2D eigenvalue weighted by molar-refractivity contribution is 0.628. The average Bonchev–Trinajstić information content (AvgIpc) is 2.43. The first kappa shape index (κ1) is 14.2. The molecule has 2 rings (SSSR count). The molecule has 0 fully saturated rings. The van der Waals surface area contributed by atoms with E-state index in [4.69, 9.17) is 5.84 Å². The Bertz CT molecular complexity index is 595. The van der Waals surface area contributed by atoms with Gasteiger partial charge in [0.25, 0.3) is 0 Å². The Balaban J connectivity index is 2.39. The van der Waals surface area contributed by atoms with Crippen molar-refractivity contribution in [3.8, 4) is 0 Å². The molecule has 0 saturated carbocycles. The largest absolute Gasteiger partial charge is 0.340 e. The van der Waals surface area contributed by atoms with Crippen LogP contribution in [0.15, 0.2) is 24.3 Å². The summed E-state index contributed by atoms with van der Waals surface area (Å²) in [5, 5.41) is 3.16. The summed E-state index contributed by atoms with van der Waals surface area (Å²) < 4.78 is 12.9. The van der Waals surface area contributed by atoms with Crippen molar-refractivity contribution < 1.29 is 4.39 Å². The highest BCUT2D eigenvalue weighted by atomic mass is 19.1. The van der Waals surface area contributed by atoms with Crippen LogP contribution >= 0.6 is 0 Å². The Morgan fingerprint density at radius 2 is 1.70 bits per heavy atom. The summed E-state index contributed by atoms with van der Waals surface area (Å²) in [6, 6.07) is 6.09. The highest BCUT2D eigenvalue weighted by Crippen LogP contribution is 2.25. The van der Waals surface area contributed by atoms with Gasteiger partial charge in [0.05, 0.1) is 0 Å². The van der Waals surface area contributed by atoms with Crippen LogP contribution in [0.2, 0.25) is 0 Å². The van der Waals surface area contributed by atoms with Crippen molar-refractivity contribution in [2.75, 3.05) is 10.7 Å². The fourth-order valence-corrected chi connectivity index (χ4v) is 1.72. The van der Waals surface area contributed by atoms with E-state index in [1.165, 1.54) is 12.1 Å². The molecular weight excluding hydrogens is 257 g/mol. The molecule has 5 nitrogen and oxygen atoms in total. The van der Waals surface area contributed by atoms with Gasteiger partial charge < -0.3 is 10.7 Å². The third-order valence-corrected chi connectivity index (χ3v) is 2.92. The molecule has 0 unspecified atom stereocenters. The van der Waals surface area contributed by atoms with E-state index in [0.29, 0.717) is 17.5 Å². The van der Waals surface area contributed by atoms with Gasteiger partial charge in [-0.25, -0.2) is 20.2 Å². The molecule has 2 aromatic rings. The minimum absolute atomic E-state index is 0.177. The van der Waals surface area contributed by atoms with E-state index in [-0.39, 0.29) is 11.7 Å². The first-order chi connectivity index (χ1) is 9.51. The van der Waals surface area contributed by atoms with Crippen molar-refractivity contribution in [3.63, 3.8) is 0 Å². The molecular formula is C14H18FN5. The normalized spacial score (nSPS) is 10.7. The number of aromatic nitrogens is 2. The van der Waals surface area contributed by atoms with Gasteiger partial charge in [-0.15, -0.1) is 0 Å². The first-order valence-corrected chi connectivity index (χ1v) is 6.39. The van der Waals surface area contributed by atoms with Crippen LogP contribution in [0.5, 0.6) is 0 Å². The maximum Gasteiger partial charge on any atom is 0.148 e. The second-order valence-electron chi connectivity index (χ2n) is 4.83. The number of rotatable bonds is 4. The van der Waals surface area contributed by atoms with Gasteiger partial charge in [-0.1, -0.05) is 13.8 Å². The van der Waals surface area contributed by atoms with Crippen molar-refractivity contribution >= 4 is 17.3 Å². The van der Waals surface area contributed by atoms with Crippen LogP contribution in [0.25, 0.3) is 0 Å². The van der Waals surface area contributed by atoms with Crippen LogP contribution in [0.4, 0.5) is 21.7 Å². The zero-order valence-corrected chi connectivity index (χ0v) is 11.7. The molecule has 20 heavy (non-hydrogen) atoms. The fraction of sp³-hybridized carbons (Fsp3) is 0.286. The van der Waals surface area contributed by atoms with Crippen molar-refractivity contribution in [1.29, 1.82) is 0 Å². The number of halogens is 1. The fourth-order valence-electron chi connectivity index (χ4n) is 1.72. The second kappa shape index (κ2) is 5.83. The summed E-state index contributed by atoms with van der Waals surface area (Å²) in [5.41, 5.74) is 4.14. The Morgan fingerprint density at radius 1 is 1.10 bits per heavy atom. The monoisotopic (exact) mass is 275 g/mol. The van der Waals surface area contributed by atoms with E-state index in [1.807, 2.05) is 20.8 Å². The summed E-state index contributed by atoms with van der Waals surface area (Å²) in [5.74, 6) is 7.31. The maximum absolute atomic E-state index is 12.9. The number of nitrogens with two attached hydrogens (primary N) is 1. The van der Waals surface area contributed by atoms with Crippen molar-refractivity contribution in [2.45, 2.75) is 26.7 Å². The van der Waals surface area contributed by atoms with Crippen molar-refractivity contribution in [3.05, 3.63) is 41.5 Å². The molecule has 0 saturated heterocycles. The van der Waals surface area contributed by atoms with Crippen LogP contribution < -0.4 is 16.6 Å². The predicted octanol–water partition coefficient (Wildman–Crippen LogP) is 3.08. The number of nitrogen functional groups attached to an aromatic ring is 1. The van der Waals surface area contributed by atoms with Crippen LogP contribution in [0, 0.1) is 12.7 Å². The quantitative estimate of drug-likeness (QED) is 0.590. The standard InChI is InChI=1S/C14H18FN5/c1-8(2)12-18-13(9(3)14(19-12)20-16)17-11-6-4-10(15)5-7-11/h4-8H,16H2,1-3H3,(H2,17,18,19,20). The Labute approximate surface area is 117 Å². The van der Waals surface area contributed by atoms with E-state index in [2.05, 4.69) is 20.7 Å². The van der Waals surface area contributed by atoms with Crippen LogP contribution in [-0.4, -0.2) is 9.97 Å². The smallest absolute Gasteiger partial charge is 0.148 e. The van der Waals surface area contributed by atoms with E-state index in [0.717, 1.165) is 11.3 Å². The molecule has 106 valence electrons. The van der Waals surface area contributed by atoms with Gasteiger partial charge in [0.1, 0.15) is 23.3 Å². The lowest BCUT2D eigenvalue weighted by atomic mass is 10.2. The molecule has 4 N–H and O–H groups in total.